The third kappa shape index (κ3) is 6.64. The van der Waals surface area contributed by atoms with Crippen LogP contribution in [0.1, 0.15) is 45.9 Å². The van der Waals surface area contributed by atoms with E-state index in [1.807, 2.05) is 5.32 Å². The molecular formula is C28H20FN5O11. The van der Waals surface area contributed by atoms with Crippen molar-refractivity contribution in [1.82, 2.24) is 15.2 Å². The summed E-state index contributed by atoms with van der Waals surface area (Å²) in [5.41, 5.74) is -4.80. The summed E-state index contributed by atoms with van der Waals surface area (Å²) in [7, 11) is 0. The maximum Gasteiger partial charge on any atom is 0.360 e. The number of nitriles is 1. The standard InChI is InChI=1S/C28H20FN5O11/c1-3-41-26(39)28(29)24(45-31-14-19-8-5-11-42-19)33-27(40)34(25(28)38)22(36)16-6-4-7-17(12-16)23(37)44-21-18(13-30)9-10-20(32-21)43-15(2)35/h4-12,14,24H,3H2,1-2H3,(H,33,40). The summed E-state index contributed by atoms with van der Waals surface area (Å²) < 4.78 is 35.8. The van der Waals surface area contributed by atoms with Gasteiger partial charge in [0.2, 0.25) is 11.8 Å². The summed E-state index contributed by atoms with van der Waals surface area (Å²) in [5, 5.41) is 14.6. The number of esters is 3. The highest BCUT2D eigenvalue weighted by Gasteiger charge is 2.65. The molecule has 1 aromatic carbocycles. The lowest BCUT2D eigenvalue weighted by Crippen LogP contribution is -2.72. The molecule has 0 bridgehead atoms. The Balaban J connectivity index is 1.59. The van der Waals surface area contributed by atoms with Gasteiger partial charge in [0.25, 0.3) is 18.0 Å². The van der Waals surface area contributed by atoms with Gasteiger partial charge in [0.05, 0.1) is 18.4 Å². The second-order valence-corrected chi connectivity index (χ2v) is 8.74. The van der Waals surface area contributed by atoms with E-state index in [4.69, 9.17) is 18.7 Å². The molecule has 0 spiro atoms. The number of benzene rings is 1. The summed E-state index contributed by atoms with van der Waals surface area (Å²) in [6.07, 6.45) is -0.0863. The van der Waals surface area contributed by atoms with Gasteiger partial charge in [-0.1, -0.05) is 11.2 Å². The normalized spacial score (nSPS) is 17.6. The number of aromatic nitrogens is 1. The number of pyridine rings is 1. The Morgan fingerprint density at radius 1 is 1.16 bits per heavy atom. The van der Waals surface area contributed by atoms with Gasteiger partial charge in [-0.05, 0) is 43.3 Å². The van der Waals surface area contributed by atoms with Gasteiger partial charge in [0.15, 0.2) is 0 Å². The van der Waals surface area contributed by atoms with Crippen LogP contribution in [0.25, 0.3) is 0 Å². The number of hydrogen-bond acceptors (Lipinski definition) is 14. The van der Waals surface area contributed by atoms with Crippen molar-refractivity contribution in [3.63, 3.8) is 0 Å². The van der Waals surface area contributed by atoms with Crippen LogP contribution in [-0.4, -0.2) is 70.4 Å². The van der Waals surface area contributed by atoms with Crippen molar-refractivity contribution in [2.45, 2.75) is 25.7 Å². The number of carbonyl (C=O) groups is 6. The molecule has 4 amide bonds. The summed E-state index contributed by atoms with van der Waals surface area (Å²) in [6, 6.07) is 9.93. The fraction of sp³-hybridized carbons (Fsp3) is 0.179. The van der Waals surface area contributed by atoms with Crippen molar-refractivity contribution in [2.75, 3.05) is 6.61 Å². The molecule has 1 aliphatic rings. The Hall–Kier alpha value is -6.44. The Labute approximate surface area is 251 Å². The molecule has 1 N–H and O–H groups in total. The van der Waals surface area contributed by atoms with Crippen LogP contribution in [0.3, 0.4) is 0 Å². The van der Waals surface area contributed by atoms with Crippen LogP contribution < -0.4 is 14.8 Å². The topological polar surface area (TPSA) is 217 Å². The Morgan fingerprint density at radius 2 is 1.91 bits per heavy atom. The molecule has 3 aromatic rings. The molecule has 230 valence electrons. The first-order valence-corrected chi connectivity index (χ1v) is 12.7. The number of imide groups is 3. The van der Waals surface area contributed by atoms with E-state index >= 15 is 4.39 Å². The highest BCUT2D eigenvalue weighted by molar-refractivity contribution is 6.24. The minimum Gasteiger partial charge on any atom is -0.463 e. The van der Waals surface area contributed by atoms with Crippen molar-refractivity contribution < 1.29 is 56.6 Å². The van der Waals surface area contributed by atoms with Crippen LogP contribution in [0.15, 0.2) is 64.4 Å². The fourth-order valence-corrected chi connectivity index (χ4v) is 3.71. The molecule has 0 radical (unpaired) electrons. The van der Waals surface area contributed by atoms with Crippen molar-refractivity contribution in [3.8, 4) is 17.8 Å². The highest BCUT2D eigenvalue weighted by atomic mass is 19.1. The second kappa shape index (κ2) is 13.2. The highest BCUT2D eigenvalue weighted by Crippen LogP contribution is 2.29. The van der Waals surface area contributed by atoms with Crippen molar-refractivity contribution in [2.24, 2.45) is 5.16 Å². The zero-order valence-electron chi connectivity index (χ0n) is 23.2. The molecule has 16 nitrogen and oxygen atoms in total. The molecule has 45 heavy (non-hydrogen) atoms. The van der Waals surface area contributed by atoms with Gasteiger partial charge in [0.1, 0.15) is 23.6 Å². The third-order valence-corrected chi connectivity index (χ3v) is 5.74. The zero-order chi connectivity index (χ0) is 32.7. The lowest BCUT2D eigenvalue weighted by molar-refractivity contribution is -0.183. The molecule has 0 aliphatic carbocycles. The van der Waals surface area contributed by atoms with E-state index in [2.05, 4.69) is 14.9 Å². The van der Waals surface area contributed by atoms with Crippen LogP contribution in [0, 0.1) is 11.3 Å². The van der Waals surface area contributed by atoms with Crippen LogP contribution in [0.4, 0.5) is 9.18 Å². The Kier molecular flexibility index (Phi) is 9.27. The van der Waals surface area contributed by atoms with Crippen LogP contribution in [0.2, 0.25) is 0 Å². The van der Waals surface area contributed by atoms with Gasteiger partial charge in [-0.2, -0.15) is 15.1 Å². The molecule has 1 fully saturated rings. The molecule has 2 aromatic heterocycles. The maximum absolute atomic E-state index is 16.2. The lowest BCUT2D eigenvalue weighted by atomic mass is 9.99. The number of furan rings is 1. The van der Waals surface area contributed by atoms with Gasteiger partial charge in [-0.15, -0.1) is 0 Å². The van der Waals surface area contributed by atoms with E-state index < -0.39 is 59.1 Å². The van der Waals surface area contributed by atoms with Crippen LogP contribution >= 0.6 is 0 Å². The number of carbonyl (C=O) groups excluding carboxylic acids is 6. The first kappa shape index (κ1) is 31.5. The molecule has 2 unspecified atom stereocenters. The van der Waals surface area contributed by atoms with Gasteiger partial charge in [0, 0.05) is 18.6 Å². The maximum atomic E-state index is 16.2. The first-order chi connectivity index (χ1) is 21.5. The van der Waals surface area contributed by atoms with Gasteiger partial charge < -0.3 is 23.5 Å². The van der Waals surface area contributed by atoms with Crippen molar-refractivity contribution >= 4 is 42.0 Å². The van der Waals surface area contributed by atoms with Gasteiger partial charge >= 0.3 is 29.6 Å². The lowest BCUT2D eigenvalue weighted by Gasteiger charge is -2.37. The molecule has 2 atom stereocenters. The number of ether oxygens (including phenoxy) is 3. The van der Waals surface area contributed by atoms with Crippen LogP contribution in [0.5, 0.6) is 11.8 Å². The van der Waals surface area contributed by atoms with E-state index in [1.54, 1.807) is 6.07 Å². The molecule has 1 saturated heterocycles. The number of halogens is 1. The summed E-state index contributed by atoms with van der Waals surface area (Å²) >= 11 is 0. The van der Waals surface area contributed by atoms with E-state index in [0.29, 0.717) is 0 Å². The number of amides is 4. The molecule has 3 heterocycles. The summed E-state index contributed by atoms with van der Waals surface area (Å²) in [5.74, 6) is -7.70. The molecule has 0 saturated carbocycles. The third-order valence-electron chi connectivity index (χ3n) is 5.74. The van der Waals surface area contributed by atoms with E-state index in [9.17, 15) is 34.0 Å². The number of nitrogens with zero attached hydrogens (tertiary/aromatic N) is 4. The number of urea groups is 1. The average Bonchev–Trinajstić information content (AvgIpc) is 3.53. The smallest absolute Gasteiger partial charge is 0.360 e. The van der Waals surface area contributed by atoms with Crippen LogP contribution in [-0.2, 0) is 24.0 Å². The largest absolute Gasteiger partial charge is 0.463 e. The molecule has 4 rings (SSSR count). The van der Waals surface area contributed by atoms with Crippen molar-refractivity contribution in [3.05, 3.63) is 77.2 Å². The Morgan fingerprint density at radius 3 is 2.58 bits per heavy atom. The first-order valence-electron chi connectivity index (χ1n) is 12.7. The predicted molar refractivity (Wildman–Crippen MR) is 143 cm³/mol. The molecule has 1 aliphatic heterocycles. The summed E-state index contributed by atoms with van der Waals surface area (Å²) in [4.78, 5) is 84.7. The molecular weight excluding hydrogens is 601 g/mol. The van der Waals surface area contributed by atoms with E-state index in [1.165, 1.54) is 49.6 Å². The number of alkyl halides is 1. The quantitative estimate of drug-likeness (QED) is 0.119. The number of hydrogen-bond donors (Lipinski definition) is 1. The average molecular weight is 621 g/mol. The molecule has 17 heteroatoms. The minimum absolute atomic E-state index is 0.149. The fourth-order valence-electron chi connectivity index (χ4n) is 3.71. The second-order valence-electron chi connectivity index (χ2n) is 8.74. The van der Waals surface area contributed by atoms with E-state index in [0.717, 1.165) is 25.3 Å². The zero-order valence-corrected chi connectivity index (χ0v) is 23.2. The number of oxime groups is 1. The minimum atomic E-state index is -3.77. The van der Waals surface area contributed by atoms with Gasteiger partial charge in [-0.25, -0.2) is 18.8 Å². The monoisotopic (exact) mass is 621 g/mol. The van der Waals surface area contributed by atoms with Gasteiger partial charge in [-0.3, -0.25) is 19.7 Å². The summed E-state index contributed by atoms with van der Waals surface area (Å²) in [6.45, 7) is 2.05. The van der Waals surface area contributed by atoms with Crippen molar-refractivity contribution in [1.29, 1.82) is 5.26 Å². The number of rotatable bonds is 9. The number of nitrogens with one attached hydrogen (secondary N) is 1. The SMILES string of the molecule is CCOC(=O)C1(F)C(=O)N(C(=O)c2cccc(C(=O)Oc3nc(OC(C)=O)ccc3C#N)c2)C(=O)NC1ON=Cc1ccco1. The Bertz CT molecular complexity index is 1750. The predicted octanol–water partition coefficient (Wildman–Crippen LogP) is 2.03. The van der Waals surface area contributed by atoms with E-state index in [-0.39, 0.29) is 34.3 Å².